The molecule has 4 rings (SSSR count). The molecule has 122 valence electrons. The van der Waals surface area contributed by atoms with Crippen LogP contribution in [-0.4, -0.2) is 10.1 Å². The number of furan rings is 1. The van der Waals surface area contributed by atoms with Crippen molar-refractivity contribution in [2.45, 2.75) is 0 Å². The third-order valence-corrected chi connectivity index (χ3v) is 4.15. The summed E-state index contributed by atoms with van der Waals surface area (Å²) in [4.78, 5) is 4.47. The average molecular weight is 348 g/mol. The first-order valence-corrected chi connectivity index (χ1v) is 8.19. The first-order chi connectivity index (χ1) is 12.2. The van der Waals surface area contributed by atoms with Crippen molar-refractivity contribution in [3.63, 3.8) is 0 Å². The van der Waals surface area contributed by atoms with Gasteiger partial charge in [0.15, 0.2) is 0 Å². The van der Waals surface area contributed by atoms with Crippen molar-refractivity contribution in [1.82, 2.24) is 4.98 Å². The van der Waals surface area contributed by atoms with Gasteiger partial charge in [0.25, 0.3) is 0 Å². The largest absolute Gasteiger partial charge is 0.506 e. The third kappa shape index (κ3) is 3.28. The monoisotopic (exact) mass is 347 g/mol. The summed E-state index contributed by atoms with van der Waals surface area (Å²) in [7, 11) is 0. The van der Waals surface area contributed by atoms with E-state index in [4.69, 9.17) is 16.0 Å². The van der Waals surface area contributed by atoms with Crippen LogP contribution in [0, 0.1) is 0 Å². The van der Waals surface area contributed by atoms with E-state index in [1.165, 1.54) is 0 Å². The van der Waals surface area contributed by atoms with Crippen LogP contribution in [0.3, 0.4) is 0 Å². The quantitative estimate of drug-likeness (QED) is 0.492. The van der Waals surface area contributed by atoms with E-state index in [-0.39, 0.29) is 5.75 Å². The molecule has 3 nitrogen and oxygen atoms in total. The summed E-state index contributed by atoms with van der Waals surface area (Å²) in [6.45, 7) is 0. The topological polar surface area (TPSA) is 46.3 Å². The zero-order valence-electron chi connectivity index (χ0n) is 13.2. The summed E-state index contributed by atoms with van der Waals surface area (Å²) >= 11 is 5.91. The van der Waals surface area contributed by atoms with E-state index in [9.17, 15) is 5.11 Å². The molecule has 0 amide bonds. The van der Waals surface area contributed by atoms with Crippen LogP contribution in [0.2, 0.25) is 5.02 Å². The number of phenolic OH excluding ortho intramolecular Hbond substituents is 1. The molecule has 0 aliphatic carbocycles. The number of hydrogen-bond donors (Lipinski definition) is 1. The second-order valence-electron chi connectivity index (χ2n) is 5.63. The first-order valence-electron chi connectivity index (χ1n) is 7.82. The molecule has 2 aromatic heterocycles. The number of aromatic nitrogens is 1. The number of halogens is 1. The van der Waals surface area contributed by atoms with Crippen molar-refractivity contribution in [1.29, 1.82) is 0 Å². The van der Waals surface area contributed by atoms with Gasteiger partial charge in [0.05, 0.1) is 5.69 Å². The van der Waals surface area contributed by atoms with E-state index in [0.717, 1.165) is 28.2 Å². The van der Waals surface area contributed by atoms with E-state index in [1.54, 1.807) is 12.1 Å². The van der Waals surface area contributed by atoms with Gasteiger partial charge < -0.3 is 9.52 Å². The Morgan fingerprint density at radius 3 is 2.56 bits per heavy atom. The molecule has 0 aliphatic rings. The maximum atomic E-state index is 9.92. The number of phenols is 1. The van der Waals surface area contributed by atoms with E-state index < -0.39 is 0 Å². The summed E-state index contributed by atoms with van der Waals surface area (Å²) in [6.07, 6.45) is 3.71. The van der Waals surface area contributed by atoms with Crippen LogP contribution in [0.4, 0.5) is 0 Å². The minimum Gasteiger partial charge on any atom is -0.506 e. The van der Waals surface area contributed by atoms with Crippen LogP contribution in [-0.2, 0) is 0 Å². The molecule has 25 heavy (non-hydrogen) atoms. The molecule has 4 aromatic rings. The summed E-state index contributed by atoms with van der Waals surface area (Å²) < 4.78 is 5.84. The van der Waals surface area contributed by atoms with Gasteiger partial charge in [0.1, 0.15) is 22.8 Å². The normalized spacial score (nSPS) is 11.4. The van der Waals surface area contributed by atoms with Crippen LogP contribution in [0.1, 0.15) is 11.5 Å². The minimum atomic E-state index is 0.177. The average Bonchev–Trinajstić information content (AvgIpc) is 3.10. The smallest absolute Gasteiger partial charge is 0.141 e. The van der Waals surface area contributed by atoms with Gasteiger partial charge in [-0.25, -0.2) is 4.98 Å². The highest BCUT2D eigenvalue weighted by molar-refractivity contribution is 6.30. The van der Waals surface area contributed by atoms with Crippen molar-refractivity contribution in [2.24, 2.45) is 0 Å². The second kappa shape index (κ2) is 6.46. The molecule has 0 spiro atoms. The lowest BCUT2D eigenvalue weighted by molar-refractivity contribution is 0.480. The Bertz CT molecular complexity index is 1060. The van der Waals surface area contributed by atoms with E-state index >= 15 is 0 Å². The van der Waals surface area contributed by atoms with Gasteiger partial charge in [-0.3, -0.25) is 0 Å². The number of hydrogen-bond acceptors (Lipinski definition) is 3. The van der Waals surface area contributed by atoms with Gasteiger partial charge in [0, 0.05) is 16.0 Å². The summed E-state index contributed by atoms with van der Waals surface area (Å²) in [6, 6.07) is 20.5. The lowest BCUT2D eigenvalue weighted by Gasteiger charge is -2.01. The molecule has 1 N–H and O–H groups in total. The molecule has 0 unspecified atom stereocenters. The number of rotatable bonds is 3. The fourth-order valence-electron chi connectivity index (χ4n) is 2.62. The van der Waals surface area contributed by atoms with E-state index in [2.05, 4.69) is 4.98 Å². The van der Waals surface area contributed by atoms with Crippen LogP contribution >= 0.6 is 11.6 Å². The first kappa shape index (κ1) is 15.5. The molecule has 2 heterocycles. The molecule has 0 radical (unpaired) electrons. The number of pyridine rings is 1. The van der Waals surface area contributed by atoms with Gasteiger partial charge in [-0.1, -0.05) is 29.8 Å². The number of fused-ring (bicyclic) bond motifs is 1. The van der Waals surface area contributed by atoms with Gasteiger partial charge in [-0.05, 0) is 60.7 Å². The molecular formula is C21H14ClNO2. The van der Waals surface area contributed by atoms with Gasteiger partial charge >= 0.3 is 0 Å². The van der Waals surface area contributed by atoms with Gasteiger partial charge in [-0.2, -0.15) is 0 Å². The Balaban J connectivity index is 1.60. The van der Waals surface area contributed by atoms with Crippen molar-refractivity contribution in [2.75, 3.05) is 0 Å². The molecule has 2 aromatic carbocycles. The lowest BCUT2D eigenvalue weighted by atomic mass is 10.2. The van der Waals surface area contributed by atoms with Crippen LogP contribution in [0.5, 0.6) is 5.75 Å². The zero-order chi connectivity index (χ0) is 17.2. The number of benzene rings is 2. The van der Waals surface area contributed by atoms with Crippen molar-refractivity contribution in [3.8, 4) is 17.1 Å². The maximum absolute atomic E-state index is 9.92. The predicted molar refractivity (Wildman–Crippen MR) is 101 cm³/mol. The summed E-state index contributed by atoms with van der Waals surface area (Å²) in [5, 5.41) is 11.5. The maximum Gasteiger partial charge on any atom is 0.141 e. The summed E-state index contributed by atoms with van der Waals surface area (Å²) in [5.41, 5.74) is 2.31. The third-order valence-electron chi connectivity index (χ3n) is 3.89. The Morgan fingerprint density at radius 2 is 1.72 bits per heavy atom. The SMILES string of the molecule is Oc1cccc2ccc(C=Cc3ccc(-c4ccc(Cl)cc4)o3)nc12. The molecule has 0 aliphatic heterocycles. The Labute approximate surface area is 149 Å². The minimum absolute atomic E-state index is 0.177. The summed E-state index contributed by atoms with van der Waals surface area (Å²) in [5.74, 6) is 1.68. The standard InChI is InChI=1S/C21H14ClNO2/c22-16-7-4-14(5-8-16)20-13-12-18(25-20)11-10-17-9-6-15-2-1-3-19(24)21(15)23-17/h1-13,24H. The van der Waals surface area contributed by atoms with E-state index in [0.29, 0.717) is 10.5 Å². The van der Waals surface area contributed by atoms with Crippen LogP contribution in [0.25, 0.3) is 34.4 Å². The van der Waals surface area contributed by atoms with Crippen LogP contribution in [0.15, 0.2) is 71.1 Å². The highest BCUT2D eigenvalue weighted by Crippen LogP contribution is 2.25. The van der Waals surface area contributed by atoms with E-state index in [1.807, 2.05) is 66.7 Å². The molecule has 0 fully saturated rings. The Morgan fingerprint density at radius 1 is 0.880 bits per heavy atom. The fraction of sp³-hybridized carbons (Fsp3) is 0. The molecule has 0 saturated heterocycles. The molecule has 4 heteroatoms. The molecule has 0 bridgehead atoms. The number of aromatic hydroxyl groups is 1. The molecule has 0 saturated carbocycles. The predicted octanol–water partition coefficient (Wildman–Crippen LogP) is 6.02. The van der Waals surface area contributed by atoms with Crippen molar-refractivity contribution < 1.29 is 9.52 Å². The van der Waals surface area contributed by atoms with Gasteiger partial charge in [0.2, 0.25) is 0 Å². The van der Waals surface area contributed by atoms with Gasteiger partial charge in [-0.15, -0.1) is 0 Å². The highest BCUT2D eigenvalue weighted by Gasteiger charge is 2.04. The fourth-order valence-corrected chi connectivity index (χ4v) is 2.74. The molecule has 0 atom stereocenters. The second-order valence-corrected chi connectivity index (χ2v) is 6.06. The van der Waals surface area contributed by atoms with Crippen LogP contribution < -0.4 is 0 Å². The number of para-hydroxylation sites is 1. The highest BCUT2D eigenvalue weighted by atomic mass is 35.5. The lowest BCUT2D eigenvalue weighted by Crippen LogP contribution is -1.83. The Hall–Kier alpha value is -3.04. The number of nitrogens with zero attached hydrogens (tertiary/aromatic N) is 1. The Kier molecular flexibility index (Phi) is 4.00. The van der Waals surface area contributed by atoms with Crippen molar-refractivity contribution >= 4 is 34.7 Å². The molecular weight excluding hydrogens is 334 g/mol. The zero-order valence-corrected chi connectivity index (χ0v) is 13.9. The van der Waals surface area contributed by atoms with Crippen molar-refractivity contribution in [3.05, 3.63) is 83.2 Å².